The van der Waals surface area contributed by atoms with E-state index in [-0.39, 0.29) is 6.04 Å². The largest absolute Gasteiger partial charge is 0.383 e. The molecule has 0 fully saturated rings. The first kappa shape index (κ1) is 10.1. The Labute approximate surface area is 77.9 Å². The fourth-order valence-electron chi connectivity index (χ4n) is 1.20. The maximum atomic E-state index is 5.86. The van der Waals surface area contributed by atoms with E-state index in [2.05, 4.69) is 17.2 Å². The summed E-state index contributed by atoms with van der Waals surface area (Å²) in [6, 6.07) is -0.133. The smallest absolute Gasteiger partial charge is 0.0777 e. The van der Waals surface area contributed by atoms with Crippen molar-refractivity contribution in [3.05, 3.63) is 11.9 Å². The van der Waals surface area contributed by atoms with Crippen LogP contribution in [-0.2, 0) is 11.3 Å². The molecular weight excluding hydrogens is 168 g/mol. The first-order valence-electron chi connectivity index (χ1n) is 4.42. The van der Waals surface area contributed by atoms with Crippen LogP contribution in [0.25, 0.3) is 0 Å². The molecule has 13 heavy (non-hydrogen) atoms. The third kappa shape index (κ3) is 2.50. The quantitative estimate of drug-likeness (QED) is 0.716. The highest BCUT2D eigenvalue weighted by Crippen LogP contribution is 2.08. The van der Waals surface area contributed by atoms with Crippen molar-refractivity contribution >= 4 is 0 Å². The third-order valence-electron chi connectivity index (χ3n) is 1.81. The molecule has 0 aromatic carbocycles. The zero-order chi connectivity index (χ0) is 9.68. The summed E-state index contributed by atoms with van der Waals surface area (Å²) in [6.45, 7) is 3.44. The second-order valence-electron chi connectivity index (χ2n) is 2.94. The van der Waals surface area contributed by atoms with Gasteiger partial charge in [0.25, 0.3) is 0 Å². The van der Waals surface area contributed by atoms with Gasteiger partial charge in [0.15, 0.2) is 0 Å². The molecule has 0 aliphatic heterocycles. The lowest BCUT2D eigenvalue weighted by Gasteiger charge is -2.11. The molecule has 74 valence electrons. The van der Waals surface area contributed by atoms with Gasteiger partial charge in [0, 0.05) is 13.7 Å². The van der Waals surface area contributed by atoms with Gasteiger partial charge in [-0.2, -0.15) is 0 Å². The van der Waals surface area contributed by atoms with Gasteiger partial charge in [-0.15, -0.1) is 5.10 Å². The van der Waals surface area contributed by atoms with Crippen molar-refractivity contribution in [1.82, 2.24) is 15.0 Å². The highest BCUT2D eigenvalue weighted by molar-refractivity contribution is 5.00. The van der Waals surface area contributed by atoms with Crippen LogP contribution < -0.4 is 5.73 Å². The SMILES string of the molecule is CCCn1nncc1C(N)COC. The molecule has 0 saturated heterocycles. The van der Waals surface area contributed by atoms with Gasteiger partial charge in [-0.25, -0.2) is 4.68 Å². The van der Waals surface area contributed by atoms with Crippen molar-refractivity contribution < 1.29 is 4.74 Å². The Morgan fingerprint density at radius 2 is 2.46 bits per heavy atom. The van der Waals surface area contributed by atoms with Crippen LogP contribution >= 0.6 is 0 Å². The monoisotopic (exact) mass is 184 g/mol. The number of methoxy groups -OCH3 is 1. The van der Waals surface area contributed by atoms with Crippen molar-refractivity contribution in [2.45, 2.75) is 25.9 Å². The number of hydrogen-bond donors (Lipinski definition) is 1. The lowest BCUT2D eigenvalue weighted by molar-refractivity contribution is 0.177. The summed E-state index contributed by atoms with van der Waals surface area (Å²) in [5, 5.41) is 7.76. The van der Waals surface area contributed by atoms with Crippen LogP contribution in [0.1, 0.15) is 25.1 Å². The maximum absolute atomic E-state index is 5.86. The van der Waals surface area contributed by atoms with E-state index in [0.29, 0.717) is 6.61 Å². The molecule has 1 atom stereocenters. The fraction of sp³-hybridized carbons (Fsp3) is 0.750. The minimum Gasteiger partial charge on any atom is -0.383 e. The predicted octanol–water partition coefficient (Wildman–Crippen LogP) is 0.334. The Balaban J connectivity index is 2.68. The maximum Gasteiger partial charge on any atom is 0.0777 e. The number of hydrogen-bond acceptors (Lipinski definition) is 4. The molecule has 0 bridgehead atoms. The van der Waals surface area contributed by atoms with E-state index in [1.54, 1.807) is 13.3 Å². The molecule has 0 aliphatic carbocycles. The molecule has 0 radical (unpaired) electrons. The Morgan fingerprint density at radius 1 is 1.69 bits per heavy atom. The summed E-state index contributed by atoms with van der Waals surface area (Å²) < 4.78 is 6.79. The average molecular weight is 184 g/mol. The summed E-state index contributed by atoms with van der Waals surface area (Å²) in [4.78, 5) is 0. The molecule has 0 spiro atoms. The Kier molecular flexibility index (Phi) is 3.85. The van der Waals surface area contributed by atoms with Crippen LogP contribution in [0.2, 0.25) is 0 Å². The molecule has 5 heteroatoms. The number of aryl methyl sites for hydroxylation is 1. The van der Waals surface area contributed by atoms with Gasteiger partial charge in [0.1, 0.15) is 0 Å². The second kappa shape index (κ2) is 4.94. The molecule has 0 amide bonds. The van der Waals surface area contributed by atoms with Gasteiger partial charge < -0.3 is 10.5 Å². The first-order chi connectivity index (χ1) is 6.29. The van der Waals surface area contributed by atoms with E-state index in [0.717, 1.165) is 18.7 Å². The van der Waals surface area contributed by atoms with Crippen LogP contribution in [0.4, 0.5) is 0 Å². The van der Waals surface area contributed by atoms with Gasteiger partial charge in [-0.05, 0) is 6.42 Å². The lowest BCUT2D eigenvalue weighted by atomic mass is 10.2. The normalized spacial score (nSPS) is 13.2. The molecule has 1 heterocycles. The van der Waals surface area contributed by atoms with E-state index in [9.17, 15) is 0 Å². The van der Waals surface area contributed by atoms with Gasteiger partial charge in [-0.3, -0.25) is 0 Å². The number of aromatic nitrogens is 3. The Bertz CT molecular complexity index is 248. The van der Waals surface area contributed by atoms with E-state index >= 15 is 0 Å². The predicted molar refractivity (Wildman–Crippen MR) is 49.1 cm³/mol. The van der Waals surface area contributed by atoms with Crippen molar-refractivity contribution in [2.24, 2.45) is 5.73 Å². The van der Waals surface area contributed by atoms with Crippen molar-refractivity contribution in [3.8, 4) is 0 Å². The van der Waals surface area contributed by atoms with Gasteiger partial charge in [0.2, 0.25) is 0 Å². The first-order valence-corrected chi connectivity index (χ1v) is 4.42. The van der Waals surface area contributed by atoms with Crippen LogP contribution in [0, 0.1) is 0 Å². The standard InChI is InChI=1S/C8H16N4O/c1-3-4-12-8(5-10-11-12)7(9)6-13-2/h5,7H,3-4,6,9H2,1-2H3. The summed E-state index contributed by atoms with van der Waals surface area (Å²) in [5.41, 5.74) is 6.79. The fourth-order valence-corrected chi connectivity index (χ4v) is 1.20. The average Bonchev–Trinajstić information content (AvgIpc) is 2.54. The molecule has 1 unspecified atom stereocenters. The Morgan fingerprint density at radius 3 is 3.08 bits per heavy atom. The lowest BCUT2D eigenvalue weighted by Crippen LogP contribution is -2.20. The van der Waals surface area contributed by atoms with Crippen molar-refractivity contribution in [2.75, 3.05) is 13.7 Å². The molecular formula is C8H16N4O. The summed E-state index contributed by atoms with van der Waals surface area (Å²) in [5.74, 6) is 0. The van der Waals surface area contributed by atoms with E-state index in [1.807, 2.05) is 4.68 Å². The van der Waals surface area contributed by atoms with Crippen LogP contribution in [0.15, 0.2) is 6.20 Å². The van der Waals surface area contributed by atoms with E-state index in [4.69, 9.17) is 10.5 Å². The van der Waals surface area contributed by atoms with Crippen LogP contribution in [-0.4, -0.2) is 28.7 Å². The minimum absolute atomic E-state index is 0.133. The number of ether oxygens (including phenoxy) is 1. The van der Waals surface area contributed by atoms with E-state index in [1.165, 1.54) is 0 Å². The topological polar surface area (TPSA) is 66.0 Å². The molecule has 5 nitrogen and oxygen atoms in total. The summed E-state index contributed by atoms with van der Waals surface area (Å²) in [6.07, 6.45) is 2.72. The Hall–Kier alpha value is -0.940. The summed E-state index contributed by atoms with van der Waals surface area (Å²) >= 11 is 0. The minimum atomic E-state index is -0.133. The second-order valence-corrected chi connectivity index (χ2v) is 2.94. The number of nitrogens with two attached hydrogens (primary N) is 1. The van der Waals surface area contributed by atoms with Gasteiger partial charge >= 0.3 is 0 Å². The highest BCUT2D eigenvalue weighted by atomic mass is 16.5. The zero-order valence-electron chi connectivity index (χ0n) is 8.10. The molecule has 1 aromatic heterocycles. The van der Waals surface area contributed by atoms with Gasteiger partial charge in [0.05, 0.1) is 24.5 Å². The molecule has 1 aromatic rings. The van der Waals surface area contributed by atoms with Crippen molar-refractivity contribution in [1.29, 1.82) is 0 Å². The summed E-state index contributed by atoms with van der Waals surface area (Å²) in [7, 11) is 1.63. The molecule has 2 N–H and O–H groups in total. The number of rotatable bonds is 5. The molecule has 1 rings (SSSR count). The van der Waals surface area contributed by atoms with Crippen LogP contribution in [0.3, 0.4) is 0 Å². The van der Waals surface area contributed by atoms with Crippen LogP contribution in [0.5, 0.6) is 0 Å². The number of nitrogens with zero attached hydrogens (tertiary/aromatic N) is 3. The van der Waals surface area contributed by atoms with Crippen molar-refractivity contribution in [3.63, 3.8) is 0 Å². The van der Waals surface area contributed by atoms with E-state index < -0.39 is 0 Å². The molecule has 0 aliphatic rings. The third-order valence-corrected chi connectivity index (χ3v) is 1.81. The highest BCUT2D eigenvalue weighted by Gasteiger charge is 2.11. The van der Waals surface area contributed by atoms with Gasteiger partial charge in [-0.1, -0.05) is 12.1 Å². The zero-order valence-corrected chi connectivity index (χ0v) is 8.10. The molecule has 0 saturated carbocycles.